The molecule has 0 aliphatic rings. The SMILES string of the molecule is CC(=O)Nc1ccc(Br)c(Cl)c1C. The number of halogens is 2. The first-order valence-corrected chi connectivity index (χ1v) is 4.91. The van der Waals surface area contributed by atoms with Crippen molar-refractivity contribution in [3.63, 3.8) is 0 Å². The highest BCUT2D eigenvalue weighted by atomic mass is 79.9. The smallest absolute Gasteiger partial charge is 0.221 e. The van der Waals surface area contributed by atoms with Gasteiger partial charge in [-0.2, -0.15) is 0 Å². The van der Waals surface area contributed by atoms with Crippen molar-refractivity contribution in [3.8, 4) is 0 Å². The Balaban J connectivity index is 3.10. The van der Waals surface area contributed by atoms with Crippen molar-refractivity contribution in [2.75, 3.05) is 5.32 Å². The Morgan fingerprint density at radius 3 is 2.69 bits per heavy atom. The summed E-state index contributed by atoms with van der Waals surface area (Å²) >= 11 is 9.27. The highest BCUT2D eigenvalue weighted by molar-refractivity contribution is 9.10. The molecule has 1 aromatic carbocycles. The number of carbonyl (C=O) groups is 1. The Kier molecular flexibility index (Phi) is 3.33. The molecule has 0 aliphatic carbocycles. The van der Waals surface area contributed by atoms with Crippen LogP contribution in [-0.4, -0.2) is 5.91 Å². The number of hydrogen-bond donors (Lipinski definition) is 1. The molecule has 0 heterocycles. The van der Waals surface area contributed by atoms with Gasteiger partial charge < -0.3 is 5.32 Å². The van der Waals surface area contributed by atoms with Crippen LogP contribution < -0.4 is 5.32 Å². The first-order chi connectivity index (χ1) is 6.02. The molecule has 0 fully saturated rings. The van der Waals surface area contributed by atoms with Crippen molar-refractivity contribution < 1.29 is 4.79 Å². The Morgan fingerprint density at radius 2 is 2.15 bits per heavy atom. The summed E-state index contributed by atoms with van der Waals surface area (Å²) < 4.78 is 0.834. The zero-order valence-electron chi connectivity index (χ0n) is 7.32. The molecule has 0 saturated heterocycles. The molecule has 13 heavy (non-hydrogen) atoms. The maximum Gasteiger partial charge on any atom is 0.221 e. The summed E-state index contributed by atoms with van der Waals surface area (Å²) in [5, 5.41) is 3.33. The van der Waals surface area contributed by atoms with Gasteiger partial charge in [0.15, 0.2) is 0 Å². The molecular weight excluding hydrogens is 253 g/mol. The van der Waals surface area contributed by atoms with Crippen molar-refractivity contribution in [2.24, 2.45) is 0 Å². The number of hydrogen-bond acceptors (Lipinski definition) is 1. The molecule has 1 N–H and O–H groups in total. The summed E-state index contributed by atoms with van der Waals surface area (Å²) in [4.78, 5) is 10.8. The van der Waals surface area contributed by atoms with Gasteiger partial charge in [0.05, 0.1) is 5.02 Å². The second-order valence-corrected chi connectivity index (χ2v) is 3.95. The van der Waals surface area contributed by atoms with Crippen LogP contribution in [0.5, 0.6) is 0 Å². The van der Waals surface area contributed by atoms with Gasteiger partial charge in [0.2, 0.25) is 5.91 Å². The fourth-order valence-corrected chi connectivity index (χ4v) is 1.57. The molecule has 1 aromatic rings. The van der Waals surface area contributed by atoms with Gasteiger partial charge in [-0.1, -0.05) is 11.6 Å². The lowest BCUT2D eigenvalue weighted by Gasteiger charge is -2.08. The van der Waals surface area contributed by atoms with Gasteiger partial charge in [-0.15, -0.1) is 0 Å². The van der Waals surface area contributed by atoms with Crippen LogP contribution in [0.2, 0.25) is 5.02 Å². The van der Waals surface area contributed by atoms with E-state index < -0.39 is 0 Å². The predicted octanol–water partition coefficient (Wildman–Crippen LogP) is 3.37. The highest BCUT2D eigenvalue weighted by Gasteiger charge is 2.06. The van der Waals surface area contributed by atoms with Crippen molar-refractivity contribution in [3.05, 3.63) is 27.2 Å². The first-order valence-electron chi connectivity index (χ1n) is 3.74. The molecule has 0 radical (unpaired) electrons. The van der Waals surface area contributed by atoms with Crippen molar-refractivity contribution in [2.45, 2.75) is 13.8 Å². The number of rotatable bonds is 1. The second kappa shape index (κ2) is 4.11. The lowest BCUT2D eigenvalue weighted by Crippen LogP contribution is -2.07. The van der Waals surface area contributed by atoms with Crippen LogP contribution >= 0.6 is 27.5 Å². The molecule has 70 valence electrons. The molecule has 0 spiro atoms. The Morgan fingerprint density at radius 1 is 1.54 bits per heavy atom. The topological polar surface area (TPSA) is 29.1 Å². The quantitative estimate of drug-likeness (QED) is 0.826. The lowest BCUT2D eigenvalue weighted by molar-refractivity contribution is -0.114. The van der Waals surface area contributed by atoms with E-state index in [2.05, 4.69) is 21.2 Å². The average Bonchev–Trinajstić information content (AvgIpc) is 2.06. The van der Waals surface area contributed by atoms with Gasteiger partial charge in [0, 0.05) is 17.1 Å². The van der Waals surface area contributed by atoms with E-state index in [1.54, 1.807) is 6.07 Å². The molecule has 1 amide bonds. The molecule has 0 saturated carbocycles. The van der Waals surface area contributed by atoms with Gasteiger partial charge in [0.1, 0.15) is 0 Å². The first kappa shape index (κ1) is 10.5. The molecule has 2 nitrogen and oxygen atoms in total. The third-order valence-electron chi connectivity index (χ3n) is 1.65. The molecule has 0 aromatic heterocycles. The molecular formula is C9H9BrClNO. The minimum Gasteiger partial charge on any atom is -0.326 e. The maximum atomic E-state index is 10.8. The van der Waals surface area contributed by atoms with Crippen LogP contribution in [0, 0.1) is 6.92 Å². The second-order valence-electron chi connectivity index (χ2n) is 2.72. The lowest BCUT2D eigenvalue weighted by atomic mass is 10.2. The molecule has 0 bridgehead atoms. The van der Waals surface area contributed by atoms with Crippen molar-refractivity contribution >= 4 is 39.1 Å². The summed E-state index contributed by atoms with van der Waals surface area (Å²) in [5.74, 6) is -0.0958. The van der Waals surface area contributed by atoms with Crippen LogP contribution in [0.15, 0.2) is 16.6 Å². The predicted molar refractivity (Wildman–Crippen MR) is 58.2 cm³/mol. The Bertz CT molecular complexity index is 352. The molecule has 0 aliphatic heterocycles. The standard InChI is InChI=1S/C9H9BrClNO/c1-5-8(12-6(2)13)4-3-7(10)9(5)11/h3-4H,1-2H3,(H,12,13). The minimum absolute atomic E-state index is 0.0958. The summed E-state index contributed by atoms with van der Waals surface area (Å²) in [7, 11) is 0. The summed E-state index contributed by atoms with van der Waals surface area (Å²) in [6.45, 7) is 3.33. The number of benzene rings is 1. The maximum absolute atomic E-state index is 10.8. The van der Waals surface area contributed by atoms with Crippen LogP contribution in [0.3, 0.4) is 0 Å². The highest BCUT2D eigenvalue weighted by Crippen LogP contribution is 2.30. The van der Waals surface area contributed by atoms with E-state index in [9.17, 15) is 4.79 Å². The third-order valence-corrected chi connectivity index (χ3v) is 3.03. The van der Waals surface area contributed by atoms with Crippen LogP contribution in [0.4, 0.5) is 5.69 Å². The molecule has 0 atom stereocenters. The van der Waals surface area contributed by atoms with E-state index in [4.69, 9.17) is 11.6 Å². The summed E-state index contributed by atoms with van der Waals surface area (Å²) in [6.07, 6.45) is 0. The number of anilines is 1. The van der Waals surface area contributed by atoms with Crippen molar-refractivity contribution in [1.82, 2.24) is 0 Å². The Hall–Kier alpha value is -0.540. The van der Waals surface area contributed by atoms with E-state index in [0.717, 1.165) is 15.7 Å². The molecule has 4 heteroatoms. The average molecular weight is 263 g/mol. The van der Waals surface area contributed by atoms with Gasteiger partial charge in [-0.05, 0) is 40.5 Å². The molecule has 0 unspecified atom stereocenters. The normalized spacial score (nSPS) is 9.85. The monoisotopic (exact) mass is 261 g/mol. The fourth-order valence-electron chi connectivity index (χ4n) is 0.977. The van der Waals surface area contributed by atoms with Gasteiger partial charge in [-0.3, -0.25) is 4.79 Å². The fraction of sp³-hybridized carbons (Fsp3) is 0.222. The zero-order chi connectivity index (χ0) is 10.0. The van der Waals surface area contributed by atoms with Crippen molar-refractivity contribution in [1.29, 1.82) is 0 Å². The largest absolute Gasteiger partial charge is 0.326 e. The van der Waals surface area contributed by atoms with E-state index in [0.29, 0.717) is 5.02 Å². The third kappa shape index (κ3) is 2.45. The van der Waals surface area contributed by atoms with Crippen LogP contribution in [0.1, 0.15) is 12.5 Å². The van der Waals surface area contributed by atoms with E-state index in [1.807, 2.05) is 13.0 Å². The van der Waals surface area contributed by atoms with Crippen LogP contribution in [-0.2, 0) is 4.79 Å². The van der Waals surface area contributed by atoms with Gasteiger partial charge in [0.25, 0.3) is 0 Å². The number of nitrogens with one attached hydrogen (secondary N) is 1. The summed E-state index contributed by atoms with van der Waals surface area (Å²) in [6, 6.07) is 3.62. The molecule has 1 rings (SSSR count). The van der Waals surface area contributed by atoms with E-state index >= 15 is 0 Å². The minimum atomic E-state index is -0.0958. The van der Waals surface area contributed by atoms with E-state index in [-0.39, 0.29) is 5.91 Å². The zero-order valence-corrected chi connectivity index (χ0v) is 9.66. The number of amides is 1. The van der Waals surface area contributed by atoms with Gasteiger partial charge >= 0.3 is 0 Å². The van der Waals surface area contributed by atoms with Gasteiger partial charge in [-0.25, -0.2) is 0 Å². The van der Waals surface area contributed by atoms with Crippen LogP contribution in [0.25, 0.3) is 0 Å². The van der Waals surface area contributed by atoms with E-state index in [1.165, 1.54) is 6.92 Å². The number of carbonyl (C=O) groups excluding carboxylic acids is 1. The summed E-state index contributed by atoms with van der Waals surface area (Å²) in [5.41, 5.74) is 1.62. The Labute approximate surface area is 90.4 Å².